The fraction of sp³-hybridized carbons (Fsp3) is 0.357. The summed E-state index contributed by atoms with van der Waals surface area (Å²) in [5.74, 6) is 0.347. The second-order valence-electron chi connectivity index (χ2n) is 9.07. The molecule has 0 N–H and O–H groups in total. The number of aromatic nitrogens is 2. The zero-order valence-corrected chi connectivity index (χ0v) is 21.7. The van der Waals surface area contributed by atoms with Gasteiger partial charge in [-0.3, -0.25) is 9.59 Å². The fourth-order valence-electron chi connectivity index (χ4n) is 5.00. The van der Waals surface area contributed by atoms with Crippen molar-refractivity contribution >= 4 is 29.2 Å². The quantitative estimate of drug-likeness (QED) is 0.439. The van der Waals surface area contributed by atoms with Crippen molar-refractivity contribution in [2.24, 2.45) is 0 Å². The number of methoxy groups -OCH3 is 2. The molecule has 0 unspecified atom stereocenters. The van der Waals surface area contributed by atoms with Crippen LogP contribution in [0.4, 0.5) is 11.4 Å². The SMILES string of the molecule is CCOC(=O)c1nn(-c2ccc(OC)cc2)c2c1CCN(c1ccc(N3CCCCC3=O)cc1OC)C2=O. The van der Waals surface area contributed by atoms with E-state index in [9.17, 15) is 14.4 Å². The number of esters is 1. The van der Waals surface area contributed by atoms with Crippen LogP contribution in [-0.2, 0) is 16.0 Å². The van der Waals surface area contributed by atoms with Crippen molar-refractivity contribution < 1.29 is 28.6 Å². The highest BCUT2D eigenvalue weighted by atomic mass is 16.5. The molecule has 2 aromatic carbocycles. The average Bonchev–Trinajstić information content (AvgIpc) is 3.34. The first-order valence-corrected chi connectivity index (χ1v) is 12.7. The van der Waals surface area contributed by atoms with Gasteiger partial charge in [-0.25, -0.2) is 9.48 Å². The molecule has 0 saturated carbocycles. The first kappa shape index (κ1) is 25.3. The summed E-state index contributed by atoms with van der Waals surface area (Å²) in [5, 5.41) is 4.52. The third-order valence-corrected chi connectivity index (χ3v) is 6.89. The molecule has 10 heteroatoms. The molecule has 2 amide bonds. The summed E-state index contributed by atoms with van der Waals surface area (Å²) in [6.07, 6.45) is 2.77. The van der Waals surface area contributed by atoms with Gasteiger partial charge in [0, 0.05) is 36.8 Å². The molecular weight excluding hydrogens is 488 g/mol. The van der Waals surface area contributed by atoms with Crippen LogP contribution in [0.1, 0.15) is 52.7 Å². The molecule has 0 bridgehead atoms. The number of hydrogen-bond donors (Lipinski definition) is 0. The highest BCUT2D eigenvalue weighted by molar-refractivity contribution is 6.10. The van der Waals surface area contributed by atoms with Gasteiger partial charge in [0.1, 0.15) is 17.2 Å². The van der Waals surface area contributed by atoms with Gasteiger partial charge in [0.05, 0.1) is 32.2 Å². The number of nitrogens with zero attached hydrogens (tertiary/aromatic N) is 4. The van der Waals surface area contributed by atoms with Crippen molar-refractivity contribution in [2.45, 2.75) is 32.6 Å². The molecular formula is C28H30N4O6. The summed E-state index contributed by atoms with van der Waals surface area (Å²) in [4.78, 5) is 42.6. The van der Waals surface area contributed by atoms with E-state index < -0.39 is 5.97 Å². The summed E-state index contributed by atoms with van der Waals surface area (Å²) >= 11 is 0. The predicted molar refractivity (Wildman–Crippen MR) is 141 cm³/mol. The maximum absolute atomic E-state index is 14.0. The largest absolute Gasteiger partial charge is 0.497 e. The zero-order chi connectivity index (χ0) is 26.8. The maximum Gasteiger partial charge on any atom is 0.359 e. The molecule has 1 aromatic heterocycles. The van der Waals surface area contributed by atoms with Crippen LogP contribution in [0.15, 0.2) is 42.5 Å². The number of amides is 2. The summed E-state index contributed by atoms with van der Waals surface area (Å²) in [7, 11) is 3.12. The lowest BCUT2D eigenvalue weighted by molar-refractivity contribution is -0.119. The first-order chi connectivity index (χ1) is 18.5. The van der Waals surface area contributed by atoms with E-state index in [-0.39, 0.29) is 24.1 Å². The van der Waals surface area contributed by atoms with E-state index in [4.69, 9.17) is 14.2 Å². The van der Waals surface area contributed by atoms with Gasteiger partial charge in [-0.2, -0.15) is 5.10 Å². The van der Waals surface area contributed by atoms with Crippen LogP contribution in [0, 0.1) is 0 Å². The summed E-state index contributed by atoms with van der Waals surface area (Å²) < 4.78 is 17.7. The van der Waals surface area contributed by atoms with E-state index in [0.29, 0.717) is 60.1 Å². The highest BCUT2D eigenvalue weighted by Crippen LogP contribution is 2.37. The Bertz CT molecular complexity index is 1380. The number of carbonyl (C=O) groups is 3. The van der Waals surface area contributed by atoms with Crippen LogP contribution in [0.3, 0.4) is 0 Å². The van der Waals surface area contributed by atoms with Gasteiger partial charge >= 0.3 is 5.97 Å². The molecule has 0 atom stereocenters. The molecule has 3 aromatic rings. The van der Waals surface area contributed by atoms with E-state index in [0.717, 1.165) is 18.5 Å². The van der Waals surface area contributed by atoms with Crippen LogP contribution < -0.4 is 19.3 Å². The molecule has 0 radical (unpaired) electrons. The van der Waals surface area contributed by atoms with Crippen molar-refractivity contribution in [3.05, 3.63) is 59.4 Å². The van der Waals surface area contributed by atoms with E-state index in [2.05, 4.69) is 5.10 Å². The van der Waals surface area contributed by atoms with Crippen molar-refractivity contribution in [3.8, 4) is 17.2 Å². The molecule has 198 valence electrons. The van der Waals surface area contributed by atoms with Crippen molar-refractivity contribution in [3.63, 3.8) is 0 Å². The molecule has 1 saturated heterocycles. The molecule has 10 nitrogen and oxygen atoms in total. The van der Waals surface area contributed by atoms with Crippen LogP contribution in [-0.4, -0.2) is 61.5 Å². The Morgan fingerprint density at radius 3 is 2.37 bits per heavy atom. The second kappa shape index (κ2) is 10.6. The number of ether oxygens (including phenoxy) is 3. The smallest absolute Gasteiger partial charge is 0.359 e. The third-order valence-electron chi connectivity index (χ3n) is 6.89. The number of carbonyl (C=O) groups excluding carboxylic acids is 3. The van der Waals surface area contributed by atoms with Gasteiger partial charge in [0.25, 0.3) is 5.91 Å². The Kier molecular flexibility index (Phi) is 7.04. The van der Waals surface area contributed by atoms with Crippen molar-refractivity contribution in [2.75, 3.05) is 43.7 Å². The van der Waals surface area contributed by atoms with E-state index in [1.807, 2.05) is 6.07 Å². The van der Waals surface area contributed by atoms with Crippen LogP contribution in [0.5, 0.6) is 11.5 Å². The number of piperidine rings is 1. The second-order valence-corrected chi connectivity index (χ2v) is 9.07. The van der Waals surface area contributed by atoms with Crippen LogP contribution >= 0.6 is 0 Å². The number of hydrogen-bond acceptors (Lipinski definition) is 7. The normalized spacial score (nSPS) is 15.3. The zero-order valence-electron chi connectivity index (χ0n) is 21.7. The molecule has 1 fully saturated rings. The molecule has 2 aliphatic rings. The van der Waals surface area contributed by atoms with Gasteiger partial charge < -0.3 is 24.0 Å². The minimum atomic E-state index is -0.564. The molecule has 5 rings (SSSR count). The minimum absolute atomic E-state index is 0.0830. The van der Waals surface area contributed by atoms with Crippen LogP contribution in [0.2, 0.25) is 0 Å². The van der Waals surface area contributed by atoms with Crippen molar-refractivity contribution in [1.29, 1.82) is 0 Å². The molecule has 38 heavy (non-hydrogen) atoms. The Balaban J connectivity index is 1.55. The Morgan fingerprint density at radius 2 is 1.68 bits per heavy atom. The van der Waals surface area contributed by atoms with Gasteiger partial charge in [0.2, 0.25) is 5.91 Å². The first-order valence-electron chi connectivity index (χ1n) is 12.7. The lowest BCUT2D eigenvalue weighted by Gasteiger charge is -2.31. The standard InChI is InChI=1S/C28H30N4O6/c1-4-38-28(35)25-21-14-16-31(27(34)26(21)32(29-25)18-8-11-20(36-2)12-9-18)22-13-10-19(17-23(22)37-3)30-15-6-5-7-24(30)33/h8-13,17H,4-7,14-16H2,1-3H3. The molecule has 2 aliphatic heterocycles. The van der Waals surface area contributed by atoms with Gasteiger partial charge in [0.15, 0.2) is 5.69 Å². The number of anilines is 2. The third kappa shape index (κ3) is 4.46. The average molecular weight is 519 g/mol. The maximum atomic E-state index is 14.0. The fourth-order valence-corrected chi connectivity index (χ4v) is 5.00. The monoisotopic (exact) mass is 518 g/mol. The predicted octanol–water partition coefficient (Wildman–Crippen LogP) is 3.79. The Hall–Kier alpha value is -4.34. The summed E-state index contributed by atoms with van der Waals surface area (Å²) in [5.41, 5.74) is 2.91. The Labute approximate surface area is 220 Å². The number of benzene rings is 2. The van der Waals surface area contributed by atoms with Crippen LogP contribution in [0.25, 0.3) is 5.69 Å². The molecule has 0 aliphatic carbocycles. The van der Waals surface area contributed by atoms with Gasteiger partial charge in [-0.1, -0.05) is 0 Å². The summed E-state index contributed by atoms with van der Waals surface area (Å²) in [6, 6.07) is 12.5. The molecule has 3 heterocycles. The molecule has 0 spiro atoms. The topological polar surface area (TPSA) is 103 Å². The van der Waals surface area contributed by atoms with Crippen molar-refractivity contribution in [1.82, 2.24) is 9.78 Å². The number of fused-ring (bicyclic) bond motifs is 1. The lowest BCUT2D eigenvalue weighted by Crippen LogP contribution is -2.39. The van der Waals surface area contributed by atoms with E-state index in [1.165, 1.54) is 4.68 Å². The number of rotatable bonds is 7. The van der Waals surface area contributed by atoms with E-state index >= 15 is 0 Å². The van der Waals surface area contributed by atoms with E-state index in [1.54, 1.807) is 67.3 Å². The van der Waals surface area contributed by atoms with Gasteiger partial charge in [-0.15, -0.1) is 0 Å². The Morgan fingerprint density at radius 1 is 0.921 bits per heavy atom. The summed E-state index contributed by atoms with van der Waals surface area (Å²) in [6.45, 7) is 2.91. The highest BCUT2D eigenvalue weighted by Gasteiger charge is 2.36. The van der Waals surface area contributed by atoms with Gasteiger partial charge in [-0.05, 0) is 62.6 Å². The minimum Gasteiger partial charge on any atom is -0.497 e. The lowest BCUT2D eigenvalue weighted by atomic mass is 10.0.